The number of amides is 2. The Morgan fingerprint density at radius 1 is 1.08 bits per heavy atom. The summed E-state index contributed by atoms with van der Waals surface area (Å²) in [6.07, 6.45) is 1.25. The predicted octanol–water partition coefficient (Wildman–Crippen LogP) is 6.05. The maximum Gasteiger partial charge on any atom is 0.322 e. The number of carbonyl (C=O) groups excluding carboxylic acids is 1. The molecule has 0 spiro atoms. The lowest BCUT2D eigenvalue weighted by Crippen LogP contribution is -2.41. The van der Waals surface area contributed by atoms with Crippen LogP contribution in [0.3, 0.4) is 0 Å². The zero-order valence-corrected chi connectivity index (χ0v) is 21.8. The van der Waals surface area contributed by atoms with E-state index in [0.717, 1.165) is 0 Å². The largest absolute Gasteiger partial charge is 0.494 e. The van der Waals surface area contributed by atoms with Crippen LogP contribution >= 0.6 is 0 Å². The fraction of sp³-hybridized carbons (Fsp3) is 0.267. The van der Waals surface area contributed by atoms with Gasteiger partial charge in [0.2, 0.25) is 0 Å². The number of nitriles is 1. The Morgan fingerprint density at radius 2 is 1.84 bits per heavy atom. The second kappa shape index (κ2) is 12.1. The summed E-state index contributed by atoms with van der Waals surface area (Å²) in [5.41, 5.74) is 2.00. The van der Waals surface area contributed by atoms with Crippen LogP contribution in [0.25, 0.3) is 16.6 Å². The molecule has 8 nitrogen and oxygen atoms in total. The molecule has 0 bridgehead atoms. The third-order valence-corrected chi connectivity index (χ3v) is 6.24. The van der Waals surface area contributed by atoms with Crippen molar-refractivity contribution in [2.75, 3.05) is 18.5 Å². The Hall–Kier alpha value is -4.64. The van der Waals surface area contributed by atoms with Gasteiger partial charge in [0.1, 0.15) is 11.6 Å². The molecule has 0 radical (unpaired) electrons. The second-order valence-corrected chi connectivity index (χ2v) is 8.79. The SMILES string of the molecule is CCCN(C(=O)Nc1cccc(C#N)c1)C(CC)c1nc2ccccc2c(=O)n1-c1ccc(OCC)cc1. The molecule has 0 saturated carbocycles. The standard InChI is InChI=1S/C30H31N5O3/c1-4-18-34(30(37)32-22-11-9-10-21(19-22)20-31)27(5-2)28-33-26-13-8-7-12-25(26)29(36)35(28)23-14-16-24(17-15-23)38-6-3/h7-17,19,27H,4-6,18H2,1-3H3,(H,32,37). The van der Waals surface area contributed by atoms with Crippen LogP contribution in [-0.4, -0.2) is 33.6 Å². The highest BCUT2D eigenvalue weighted by Crippen LogP contribution is 2.28. The van der Waals surface area contributed by atoms with E-state index >= 15 is 0 Å². The van der Waals surface area contributed by atoms with Gasteiger partial charge in [-0.05, 0) is 74.4 Å². The van der Waals surface area contributed by atoms with Crippen molar-refractivity contribution in [2.45, 2.75) is 39.7 Å². The van der Waals surface area contributed by atoms with Gasteiger partial charge in [-0.3, -0.25) is 9.36 Å². The summed E-state index contributed by atoms with van der Waals surface area (Å²) >= 11 is 0. The van der Waals surface area contributed by atoms with E-state index in [9.17, 15) is 14.9 Å². The van der Waals surface area contributed by atoms with E-state index in [1.54, 1.807) is 39.8 Å². The van der Waals surface area contributed by atoms with Gasteiger partial charge in [-0.25, -0.2) is 9.78 Å². The highest BCUT2D eigenvalue weighted by molar-refractivity contribution is 5.90. The summed E-state index contributed by atoms with van der Waals surface area (Å²) in [6.45, 7) is 6.88. The van der Waals surface area contributed by atoms with Crippen molar-refractivity contribution < 1.29 is 9.53 Å². The molecule has 38 heavy (non-hydrogen) atoms. The van der Waals surface area contributed by atoms with Crippen molar-refractivity contribution in [1.82, 2.24) is 14.5 Å². The number of nitrogens with zero attached hydrogens (tertiary/aromatic N) is 4. The molecule has 0 aliphatic heterocycles. The number of para-hydroxylation sites is 1. The van der Waals surface area contributed by atoms with E-state index < -0.39 is 6.04 Å². The molecule has 1 aromatic heterocycles. The van der Waals surface area contributed by atoms with Gasteiger partial charge >= 0.3 is 6.03 Å². The van der Waals surface area contributed by atoms with Gasteiger partial charge in [0.05, 0.1) is 40.9 Å². The first-order valence-corrected chi connectivity index (χ1v) is 12.8. The number of fused-ring (bicyclic) bond motifs is 1. The Kier molecular flexibility index (Phi) is 8.39. The summed E-state index contributed by atoms with van der Waals surface area (Å²) in [5, 5.41) is 12.7. The summed E-state index contributed by atoms with van der Waals surface area (Å²) < 4.78 is 7.18. The molecule has 4 rings (SSSR count). The molecule has 1 unspecified atom stereocenters. The van der Waals surface area contributed by atoms with Crippen LogP contribution in [0.5, 0.6) is 5.75 Å². The molecular formula is C30H31N5O3. The van der Waals surface area contributed by atoms with Crippen LogP contribution in [0, 0.1) is 11.3 Å². The Labute approximate surface area is 222 Å². The van der Waals surface area contributed by atoms with E-state index in [4.69, 9.17) is 9.72 Å². The van der Waals surface area contributed by atoms with Crippen LogP contribution in [-0.2, 0) is 0 Å². The predicted molar refractivity (Wildman–Crippen MR) is 149 cm³/mol. The van der Waals surface area contributed by atoms with Gasteiger partial charge in [-0.15, -0.1) is 0 Å². The van der Waals surface area contributed by atoms with Gasteiger partial charge in [0, 0.05) is 12.2 Å². The van der Waals surface area contributed by atoms with Gasteiger partial charge in [0.25, 0.3) is 5.56 Å². The minimum absolute atomic E-state index is 0.202. The lowest BCUT2D eigenvalue weighted by Gasteiger charge is -2.32. The second-order valence-electron chi connectivity index (χ2n) is 8.79. The van der Waals surface area contributed by atoms with Gasteiger partial charge < -0.3 is 15.0 Å². The van der Waals surface area contributed by atoms with Crippen molar-refractivity contribution in [3.63, 3.8) is 0 Å². The molecule has 2 amide bonds. The number of urea groups is 1. The van der Waals surface area contributed by atoms with Crippen LogP contribution in [0.2, 0.25) is 0 Å². The lowest BCUT2D eigenvalue weighted by atomic mass is 10.1. The van der Waals surface area contributed by atoms with E-state index in [0.29, 0.717) is 65.4 Å². The van der Waals surface area contributed by atoms with Crippen molar-refractivity contribution in [3.05, 3.63) is 94.5 Å². The molecule has 0 saturated heterocycles. The summed E-state index contributed by atoms with van der Waals surface area (Å²) in [7, 11) is 0. The number of hydrogen-bond acceptors (Lipinski definition) is 5. The maximum atomic E-state index is 13.8. The Morgan fingerprint density at radius 3 is 2.53 bits per heavy atom. The van der Waals surface area contributed by atoms with E-state index in [1.807, 2.05) is 63.2 Å². The van der Waals surface area contributed by atoms with Crippen molar-refractivity contribution >= 4 is 22.6 Å². The highest BCUT2D eigenvalue weighted by atomic mass is 16.5. The molecule has 0 aliphatic carbocycles. The van der Waals surface area contributed by atoms with Crippen LogP contribution in [0.4, 0.5) is 10.5 Å². The molecule has 8 heteroatoms. The fourth-order valence-electron chi connectivity index (χ4n) is 4.52. The molecule has 3 aromatic carbocycles. The topological polar surface area (TPSA) is 100 Å². The third kappa shape index (κ3) is 5.52. The average molecular weight is 510 g/mol. The van der Waals surface area contributed by atoms with Gasteiger partial charge in [0.15, 0.2) is 0 Å². The number of carbonyl (C=O) groups is 1. The van der Waals surface area contributed by atoms with Crippen LogP contribution in [0.1, 0.15) is 51.0 Å². The number of anilines is 1. The molecule has 0 aliphatic rings. The van der Waals surface area contributed by atoms with E-state index in [1.165, 1.54) is 0 Å². The first-order chi connectivity index (χ1) is 18.5. The minimum Gasteiger partial charge on any atom is -0.494 e. The smallest absolute Gasteiger partial charge is 0.322 e. The van der Waals surface area contributed by atoms with Crippen molar-refractivity contribution in [2.24, 2.45) is 0 Å². The number of ether oxygens (including phenoxy) is 1. The highest BCUT2D eigenvalue weighted by Gasteiger charge is 2.29. The maximum absolute atomic E-state index is 13.8. The monoisotopic (exact) mass is 509 g/mol. The lowest BCUT2D eigenvalue weighted by molar-refractivity contribution is 0.181. The van der Waals surface area contributed by atoms with Crippen LogP contribution < -0.4 is 15.6 Å². The zero-order valence-electron chi connectivity index (χ0n) is 21.8. The average Bonchev–Trinajstić information content (AvgIpc) is 2.94. The molecule has 0 fully saturated rings. The number of rotatable bonds is 9. The minimum atomic E-state index is -0.488. The zero-order chi connectivity index (χ0) is 27.1. The Balaban J connectivity index is 1.83. The first-order valence-electron chi connectivity index (χ1n) is 12.8. The number of benzene rings is 3. The number of nitrogens with one attached hydrogen (secondary N) is 1. The van der Waals surface area contributed by atoms with Crippen molar-refractivity contribution in [1.29, 1.82) is 5.26 Å². The van der Waals surface area contributed by atoms with Gasteiger partial charge in [-0.2, -0.15) is 5.26 Å². The Bertz CT molecular complexity index is 1520. The first kappa shape index (κ1) is 26.4. The normalized spacial score (nSPS) is 11.5. The van der Waals surface area contributed by atoms with Crippen molar-refractivity contribution in [3.8, 4) is 17.5 Å². The summed E-state index contributed by atoms with van der Waals surface area (Å²) in [4.78, 5) is 34.1. The number of aromatic nitrogens is 2. The summed E-state index contributed by atoms with van der Waals surface area (Å²) in [6, 6.07) is 22.6. The third-order valence-electron chi connectivity index (χ3n) is 6.24. The fourth-order valence-corrected chi connectivity index (χ4v) is 4.52. The van der Waals surface area contributed by atoms with E-state index in [2.05, 4.69) is 11.4 Å². The molecular weight excluding hydrogens is 478 g/mol. The quantitative estimate of drug-likeness (QED) is 0.296. The molecule has 194 valence electrons. The molecule has 1 N–H and O–H groups in total. The molecule has 1 heterocycles. The number of hydrogen-bond donors (Lipinski definition) is 1. The van der Waals surface area contributed by atoms with Crippen LogP contribution in [0.15, 0.2) is 77.6 Å². The van der Waals surface area contributed by atoms with E-state index in [-0.39, 0.29) is 11.6 Å². The summed E-state index contributed by atoms with van der Waals surface area (Å²) in [5.74, 6) is 1.19. The van der Waals surface area contributed by atoms with Gasteiger partial charge in [-0.1, -0.05) is 32.0 Å². The molecule has 4 aromatic rings. The molecule has 1 atom stereocenters.